The van der Waals surface area contributed by atoms with Crippen molar-refractivity contribution in [2.24, 2.45) is 17.3 Å². The fraction of sp³-hybridized carbons (Fsp3) is 0.667. The van der Waals surface area contributed by atoms with E-state index in [4.69, 9.17) is 4.74 Å². The first kappa shape index (κ1) is 16.0. The van der Waals surface area contributed by atoms with Crippen LogP contribution in [0.15, 0.2) is 18.2 Å². The van der Waals surface area contributed by atoms with Crippen molar-refractivity contribution >= 4 is 0 Å². The maximum Gasteiger partial charge on any atom is 0.119 e. The number of fused-ring (bicyclic) bond motifs is 5. The van der Waals surface area contributed by atoms with Crippen LogP contribution in [-0.4, -0.2) is 17.8 Å². The highest BCUT2D eigenvalue weighted by Crippen LogP contribution is 2.64. The number of nitriles is 1. The Bertz CT molecular complexity index is 694. The molecule has 0 amide bonds. The Morgan fingerprint density at radius 1 is 1.29 bits per heavy atom. The molecule has 0 radical (unpaired) electrons. The molecule has 1 aromatic carbocycles. The van der Waals surface area contributed by atoms with Crippen LogP contribution < -0.4 is 4.74 Å². The van der Waals surface area contributed by atoms with Crippen LogP contribution in [0.4, 0.5) is 0 Å². The van der Waals surface area contributed by atoms with Crippen molar-refractivity contribution in [2.45, 2.75) is 63.4 Å². The van der Waals surface area contributed by atoms with Crippen LogP contribution in [0.3, 0.4) is 0 Å². The molecule has 3 aliphatic carbocycles. The Kier molecular flexibility index (Phi) is 3.65. The van der Waals surface area contributed by atoms with Gasteiger partial charge in [0, 0.05) is 5.41 Å². The van der Waals surface area contributed by atoms with Gasteiger partial charge in [0.2, 0.25) is 0 Å². The topological polar surface area (TPSA) is 53.2 Å². The van der Waals surface area contributed by atoms with Gasteiger partial charge in [-0.3, -0.25) is 0 Å². The fourth-order valence-corrected chi connectivity index (χ4v) is 6.22. The van der Waals surface area contributed by atoms with Gasteiger partial charge in [-0.25, -0.2) is 0 Å². The standard InChI is InChI=1S/C21H27NO2/c1-20-9-7-17-16-6-4-15(24-2)13-14(16)3-5-18(17)19(20)8-10-21(20,23)11-12-22/h4,6,13,17-19,23H,3,5,7-11H2,1-2H3/t17-,18-,19+,20+,21-/m1/s1. The minimum atomic E-state index is -0.780. The molecule has 3 heteroatoms. The van der Waals surface area contributed by atoms with Crippen molar-refractivity contribution in [3.63, 3.8) is 0 Å². The summed E-state index contributed by atoms with van der Waals surface area (Å²) in [6.45, 7) is 2.25. The zero-order valence-corrected chi connectivity index (χ0v) is 14.7. The highest BCUT2D eigenvalue weighted by Gasteiger charge is 2.61. The third-order valence-electron chi connectivity index (χ3n) is 7.63. The monoisotopic (exact) mass is 325 g/mol. The van der Waals surface area contributed by atoms with Crippen LogP contribution in [-0.2, 0) is 6.42 Å². The Labute approximate surface area is 144 Å². The molecule has 5 atom stereocenters. The summed E-state index contributed by atoms with van der Waals surface area (Å²) in [5.41, 5.74) is 2.08. The summed E-state index contributed by atoms with van der Waals surface area (Å²) in [4.78, 5) is 0. The molecule has 4 rings (SSSR count). The number of nitrogens with zero attached hydrogens (tertiary/aromatic N) is 1. The molecule has 128 valence electrons. The lowest BCUT2D eigenvalue weighted by atomic mass is 9.53. The summed E-state index contributed by atoms with van der Waals surface area (Å²) < 4.78 is 5.39. The number of methoxy groups -OCH3 is 1. The Hall–Kier alpha value is -1.53. The highest BCUT2D eigenvalue weighted by atomic mass is 16.5. The van der Waals surface area contributed by atoms with E-state index in [0.717, 1.165) is 37.9 Å². The molecule has 3 nitrogen and oxygen atoms in total. The van der Waals surface area contributed by atoms with Crippen LogP contribution in [0.25, 0.3) is 0 Å². The molecule has 3 aliphatic rings. The first-order valence-corrected chi connectivity index (χ1v) is 9.28. The molecule has 2 saturated carbocycles. The molecule has 0 heterocycles. The van der Waals surface area contributed by atoms with Crippen molar-refractivity contribution in [1.29, 1.82) is 5.26 Å². The number of hydrogen-bond donors (Lipinski definition) is 1. The molecular weight excluding hydrogens is 298 g/mol. The normalized spacial score (nSPS) is 40.2. The Morgan fingerprint density at radius 2 is 2.12 bits per heavy atom. The van der Waals surface area contributed by atoms with E-state index in [-0.39, 0.29) is 11.8 Å². The molecule has 1 aromatic rings. The minimum Gasteiger partial charge on any atom is -0.497 e. The summed E-state index contributed by atoms with van der Waals surface area (Å²) >= 11 is 0. The summed E-state index contributed by atoms with van der Waals surface area (Å²) in [6.07, 6.45) is 6.62. The van der Waals surface area contributed by atoms with Crippen molar-refractivity contribution in [1.82, 2.24) is 0 Å². The smallest absolute Gasteiger partial charge is 0.119 e. The third-order valence-corrected chi connectivity index (χ3v) is 7.63. The van der Waals surface area contributed by atoms with Gasteiger partial charge in [-0.1, -0.05) is 13.0 Å². The number of aliphatic hydroxyl groups is 1. The summed E-state index contributed by atoms with van der Waals surface area (Å²) in [5, 5.41) is 20.3. The average Bonchev–Trinajstić information content (AvgIpc) is 2.86. The van der Waals surface area contributed by atoms with Gasteiger partial charge in [-0.05, 0) is 79.5 Å². The first-order valence-electron chi connectivity index (χ1n) is 9.28. The van der Waals surface area contributed by atoms with Gasteiger partial charge in [0.1, 0.15) is 5.75 Å². The lowest BCUT2D eigenvalue weighted by molar-refractivity contribution is -0.0992. The predicted octanol–water partition coefficient (Wildman–Crippen LogP) is 4.20. The van der Waals surface area contributed by atoms with E-state index < -0.39 is 5.60 Å². The van der Waals surface area contributed by atoms with Crippen molar-refractivity contribution < 1.29 is 9.84 Å². The number of rotatable bonds is 2. The quantitative estimate of drug-likeness (QED) is 0.887. The lowest BCUT2D eigenvalue weighted by Gasteiger charge is -2.53. The van der Waals surface area contributed by atoms with E-state index in [1.54, 1.807) is 7.11 Å². The van der Waals surface area contributed by atoms with E-state index in [9.17, 15) is 10.4 Å². The zero-order chi connectivity index (χ0) is 16.9. The van der Waals surface area contributed by atoms with Gasteiger partial charge in [0.25, 0.3) is 0 Å². The van der Waals surface area contributed by atoms with E-state index in [2.05, 4.69) is 31.2 Å². The van der Waals surface area contributed by atoms with Crippen LogP contribution >= 0.6 is 0 Å². The van der Waals surface area contributed by atoms with Crippen LogP contribution in [0.5, 0.6) is 5.75 Å². The van der Waals surface area contributed by atoms with Crippen LogP contribution in [0.1, 0.15) is 62.5 Å². The molecule has 0 spiro atoms. The zero-order valence-electron chi connectivity index (χ0n) is 14.7. The van der Waals surface area contributed by atoms with E-state index in [1.807, 2.05) is 0 Å². The second kappa shape index (κ2) is 5.49. The number of aryl methyl sites for hydroxylation is 1. The molecule has 0 unspecified atom stereocenters. The maximum atomic E-state index is 11.2. The predicted molar refractivity (Wildman–Crippen MR) is 92.8 cm³/mol. The molecule has 1 N–H and O–H groups in total. The highest BCUT2D eigenvalue weighted by molar-refractivity contribution is 5.41. The molecule has 0 bridgehead atoms. The largest absolute Gasteiger partial charge is 0.497 e. The second-order valence-electron chi connectivity index (χ2n) is 8.34. The van der Waals surface area contributed by atoms with E-state index >= 15 is 0 Å². The van der Waals surface area contributed by atoms with Gasteiger partial charge in [-0.15, -0.1) is 0 Å². The van der Waals surface area contributed by atoms with Crippen LogP contribution in [0.2, 0.25) is 0 Å². The molecule has 24 heavy (non-hydrogen) atoms. The number of ether oxygens (including phenoxy) is 1. The first-order chi connectivity index (χ1) is 11.5. The molecule has 0 aromatic heterocycles. The van der Waals surface area contributed by atoms with Crippen molar-refractivity contribution in [3.8, 4) is 11.8 Å². The van der Waals surface area contributed by atoms with Gasteiger partial charge in [-0.2, -0.15) is 5.26 Å². The number of hydrogen-bond acceptors (Lipinski definition) is 3. The Balaban J connectivity index is 1.67. The lowest BCUT2D eigenvalue weighted by Crippen LogP contribution is -2.50. The number of benzene rings is 1. The van der Waals surface area contributed by atoms with Crippen LogP contribution in [0, 0.1) is 28.6 Å². The molecular formula is C21H27NO2. The van der Waals surface area contributed by atoms with Gasteiger partial charge in [0.15, 0.2) is 0 Å². The molecule has 0 aliphatic heterocycles. The van der Waals surface area contributed by atoms with E-state index in [0.29, 0.717) is 17.8 Å². The molecule has 0 saturated heterocycles. The Morgan fingerprint density at radius 3 is 2.88 bits per heavy atom. The van der Waals surface area contributed by atoms with Crippen molar-refractivity contribution in [3.05, 3.63) is 29.3 Å². The summed E-state index contributed by atoms with van der Waals surface area (Å²) in [6, 6.07) is 8.81. The summed E-state index contributed by atoms with van der Waals surface area (Å²) in [7, 11) is 1.73. The molecule has 2 fully saturated rings. The van der Waals surface area contributed by atoms with Gasteiger partial charge < -0.3 is 9.84 Å². The third kappa shape index (κ3) is 2.05. The fourth-order valence-electron chi connectivity index (χ4n) is 6.22. The van der Waals surface area contributed by atoms with E-state index in [1.165, 1.54) is 17.5 Å². The summed E-state index contributed by atoms with van der Waals surface area (Å²) in [5.74, 6) is 2.77. The minimum absolute atomic E-state index is 0.0894. The van der Waals surface area contributed by atoms with Crippen molar-refractivity contribution in [2.75, 3.05) is 7.11 Å². The average molecular weight is 325 g/mol. The SMILES string of the molecule is COc1ccc2c(c1)CC[C@@H]1[C@@H]2CC[C@@]2(C)[C@H]1CC[C@@]2(O)CC#N. The second-order valence-corrected chi connectivity index (χ2v) is 8.34. The van der Waals surface area contributed by atoms with Gasteiger partial charge in [0.05, 0.1) is 25.2 Å². The van der Waals surface area contributed by atoms with Gasteiger partial charge >= 0.3 is 0 Å². The maximum absolute atomic E-state index is 11.2.